The van der Waals surface area contributed by atoms with Crippen molar-refractivity contribution in [1.82, 2.24) is 4.90 Å². The summed E-state index contributed by atoms with van der Waals surface area (Å²) in [6.07, 6.45) is 0. The van der Waals surface area contributed by atoms with Crippen LogP contribution in [0.4, 0.5) is 5.69 Å². The maximum atomic E-state index is 12.8. The van der Waals surface area contributed by atoms with Crippen LogP contribution in [0, 0.1) is 5.92 Å². The van der Waals surface area contributed by atoms with E-state index in [0.29, 0.717) is 29.6 Å². The minimum Gasteiger partial charge on any atom is -0.330 e. The molecule has 5 nitrogen and oxygen atoms in total. The van der Waals surface area contributed by atoms with Gasteiger partial charge in [0.2, 0.25) is 5.91 Å². The third-order valence-corrected chi connectivity index (χ3v) is 5.49. The van der Waals surface area contributed by atoms with Gasteiger partial charge in [-0.3, -0.25) is 14.5 Å². The average molecular weight is 402 g/mol. The summed E-state index contributed by atoms with van der Waals surface area (Å²) in [5.41, 5.74) is 8.38. The maximum Gasteiger partial charge on any atom is 0.241 e. The van der Waals surface area contributed by atoms with Crippen LogP contribution in [0.25, 0.3) is 0 Å². The Kier molecular flexibility index (Phi) is 7.75. The molecule has 28 heavy (non-hydrogen) atoms. The van der Waals surface area contributed by atoms with Crippen molar-refractivity contribution < 1.29 is 9.59 Å². The fourth-order valence-electron chi connectivity index (χ4n) is 3.84. The van der Waals surface area contributed by atoms with E-state index in [-0.39, 0.29) is 30.1 Å². The number of ketones is 1. The molecular formula is C22H28ClN3O2. The van der Waals surface area contributed by atoms with E-state index in [9.17, 15) is 9.59 Å². The lowest BCUT2D eigenvalue weighted by atomic mass is 9.89. The summed E-state index contributed by atoms with van der Waals surface area (Å²) in [5.74, 6) is 0.489. The van der Waals surface area contributed by atoms with Gasteiger partial charge in [-0.05, 0) is 44.0 Å². The van der Waals surface area contributed by atoms with E-state index in [1.807, 2.05) is 31.2 Å². The van der Waals surface area contributed by atoms with Crippen LogP contribution in [-0.2, 0) is 4.79 Å². The van der Waals surface area contributed by atoms with E-state index in [1.54, 1.807) is 18.2 Å². The van der Waals surface area contributed by atoms with Gasteiger partial charge in [0.1, 0.15) is 0 Å². The molecule has 1 unspecified atom stereocenters. The van der Waals surface area contributed by atoms with Gasteiger partial charge >= 0.3 is 0 Å². The third kappa shape index (κ3) is 4.79. The van der Waals surface area contributed by atoms with Crippen molar-refractivity contribution in [3.05, 3.63) is 65.7 Å². The molecule has 1 heterocycles. The first-order chi connectivity index (χ1) is 13.0. The van der Waals surface area contributed by atoms with Crippen LogP contribution in [0.15, 0.2) is 54.6 Å². The van der Waals surface area contributed by atoms with Crippen LogP contribution >= 0.6 is 12.4 Å². The van der Waals surface area contributed by atoms with Gasteiger partial charge in [0.25, 0.3) is 0 Å². The van der Waals surface area contributed by atoms with Crippen LogP contribution < -0.4 is 11.1 Å². The van der Waals surface area contributed by atoms with Crippen molar-refractivity contribution in [3.63, 3.8) is 0 Å². The van der Waals surface area contributed by atoms with E-state index in [1.165, 1.54) is 12.5 Å². The molecule has 3 N–H and O–H groups in total. The van der Waals surface area contributed by atoms with Crippen molar-refractivity contribution in [3.8, 4) is 0 Å². The van der Waals surface area contributed by atoms with E-state index in [0.717, 1.165) is 13.1 Å². The van der Waals surface area contributed by atoms with Crippen LogP contribution in [0.2, 0.25) is 0 Å². The quantitative estimate of drug-likeness (QED) is 0.728. The molecule has 0 spiro atoms. The number of amides is 1. The molecule has 1 aliphatic rings. The van der Waals surface area contributed by atoms with Gasteiger partial charge in [0.15, 0.2) is 5.78 Å². The number of nitrogens with zero attached hydrogens (tertiary/aromatic N) is 1. The van der Waals surface area contributed by atoms with Crippen molar-refractivity contribution in [2.75, 3.05) is 25.0 Å². The Labute approximate surface area is 172 Å². The maximum absolute atomic E-state index is 12.8. The number of nitrogens with one attached hydrogen (secondary N) is 1. The molecule has 2 aromatic rings. The predicted octanol–water partition coefficient (Wildman–Crippen LogP) is 3.31. The molecule has 150 valence electrons. The van der Waals surface area contributed by atoms with Crippen LogP contribution in [-0.4, -0.2) is 42.3 Å². The van der Waals surface area contributed by atoms with E-state index in [2.05, 4.69) is 22.3 Å². The van der Waals surface area contributed by atoms with Crippen LogP contribution in [0.3, 0.4) is 0 Å². The fraction of sp³-hybridized carbons (Fsp3) is 0.364. The van der Waals surface area contributed by atoms with Gasteiger partial charge in [0, 0.05) is 24.6 Å². The number of para-hydroxylation sites is 1. The second-order valence-electron chi connectivity index (χ2n) is 7.23. The van der Waals surface area contributed by atoms with Gasteiger partial charge in [-0.2, -0.15) is 0 Å². The minimum absolute atomic E-state index is 0. The number of hydrogen-bond donors (Lipinski definition) is 2. The molecule has 1 amide bonds. The van der Waals surface area contributed by atoms with Gasteiger partial charge < -0.3 is 11.1 Å². The highest BCUT2D eigenvalue weighted by molar-refractivity contribution is 6.04. The van der Waals surface area contributed by atoms with Crippen molar-refractivity contribution in [2.24, 2.45) is 11.7 Å². The van der Waals surface area contributed by atoms with E-state index >= 15 is 0 Å². The Morgan fingerprint density at radius 1 is 1.11 bits per heavy atom. The number of hydrogen-bond acceptors (Lipinski definition) is 4. The Morgan fingerprint density at radius 2 is 1.75 bits per heavy atom. The molecule has 2 aromatic carbocycles. The Hall–Kier alpha value is -2.21. The second kappa shape index (κ2) is 9.82. The highest BCUT2D eigenvalue weighted by atomic mass is 35.5. The number of halogens is 1. The first-order valence-electron chi connectivity index (χ1n) is 9.41. The van der Waals surface area contributed by atoms with Crippen molar-refractivity contribution in [1.29, 1.82) is 0 Å². The first kappa shape index (κ1) is 22.1. The number of carbonyl (C=O) groups is 2. The zero-order chi connectivity index (χ0) is 19.4. The Bertz CT molecular complexity index is 812. The fourth-order valence-corrected chi connectivity index (χ4v) is 3.84. The number of Topliss-reactive ketones (excluding diaryl/α,β-unsaturated/α-hetero) is 1. The number of benzene rings is 2. The third-order valence-electron chi connectivity index (χ3n) is 5.49. The molecule has 1 aliphatic heterocycles. The molecule has 0 aliphatic carbocycles. The zero-order valence-corrected chi connectivity index (χ0v) is 17.1. The summed E-state index contributed by atoms with van der Waals surface area (Å²) < 4.78 is 0. The molecule has 0 saturated carbocycles. The summed E-state index contributed by atoms with van der Waals surface area (Å²) >= 11 is 0. The van der Waals surface area contributed by atoms with Gasteiger partial charge in [-0.25, -0.2) is 0 Å². The Morgan fingerprint density at radius 3 is 2.39 bits per heavy atom. The topological polar surface area (TPSA) is 75.4 Å². The summed E-state index contributed by atoms with van der Waals surface area (Å²) in [7, 11) is 0. The summed E-state index contributed by atoms with van der Waals surface area (Å²) in [6.45, 7) is 5.60. The summed E-state index contributed by atoms with van der Waals surface area (Å²) in [6, 6.07) is 17.2. The van der Waals surface area contributed by atoms with Crippen molar-refractivity contribution >= 4 is 29.8 Å². The number of likely N-dealkylation sites (tertiary alicyclic amines) is 1. The molecule has 0 bridgehead atoms. The Balaban J connectivity index is 0.00000280. The molecule has 6 heteroatoms. The lowest BCUT2D eigenvalue weighted by molar-refractivity contribution is -0.120. The smallest absolute Gasteiger partial charge is 0.241 e. The number of rotatable bonds is 6. The summed E-state index contributed by atoms with van der Waals surface area (Å²) in [5, 5.41) is 2.92. The molecule has 3 atom stereocenters. The zero-order valence-electron chi connectivity index (χ0n) is 16.3. The first-order valence-corrected chi connectivity index (χ1v) is 9.41. The average Bonchev–Trinajstić information content (AvgIpc) is 3.12. The number of carbonyl (C=O) groups excluding carboxylic acids is 2. The lowest BCUT2D eigenvalue weighted by Crippen LogP contribution is -2.41. The van der Waals surface area contributed by atoms with Crippen LogP contribution in [0.5, 0.6) is 0 Å². The van der Waals surface area contributed by atoms with E-state index in [4.69, 9.17) is 5.73 Å². The lowest BCUT2D eigenvalue weighted by Gasteiger charge is -2.24. The molecule has 1 fully saturated rings. The van der Waals surface area contributed by atoms with Crippen molar-refractivity contribution in [2.45, 2.75) is 25.8 Å². The molecular weight excluding hydrogens is 374 g/mol. The number of anilines is 1. The number of nitrogens with two attached hydrogens (primary N) is 1. The second-order valence-corrected chi connectivity index (χ2v) is 7.23. The van der Waals surface area contributed by atoms with E-state index < -0.39 is 0 Å². The SMILES string of the molecule is CC(=O)c1ccccc1NC(=O)C(C)N1C[C@@H](CN)[C@H](c2ccccc2)C1.Cl. The highest BCUT2D eigenvalue weighted by Gasteiger charge is 2.37. The normalized spacial score (nSPS) is 20.2. The van der Waals surface area contributed by atoms with Gasteiger partial charge in [-0.1, -0.05) is 42.5 Å². The molecule has 3 rings (SSSR count). The molecule has 1 saturated heterocycles. The largest absolute Gasteiger partial charge is 0.330 e. The standard InChI is InChI=1S/C22H27N3O2.ClH/c1-15(22(27)24-21-11-7-6-10-19(21)16(2)26)25-13-18(12-23)20(14-25)17-8-4-3-5-9-17;/h3-11,15,18,20H,12-14,23H2,1-2H3,(H,24,27);1H/t15?,18-,20+;/m1./s1. The minimum atomic E-state index is -0.298. The predicted molar refractivity (Wildman–Crippen MR) is 115 cm³/mol. The highest BCUT2D eigenvalue weighted by Crippen LogP contribution is 2.33. The molecule has 0 aromatic heterocycles. The van der Waals surface area contributed by atoms with Crippen LogP contribution in [0.1, 0.15) is 35.7 Å². The van der Waals surface area contributed by atoms with Gasteiger partial charge in [0.05, 0.1) is 11.7 Å². The summed E-state index contributed by atoms with van der Waals surface area (Å²) in [4.78, 5) is 26.8. The van der Waals surface area contributed by atoms with Gasteiger partial charge in [-0.15, -0.1) is 12.4 Å². The molecule has 0 radical (unpaired) electrons. The monoisotopic (exact) mass is 401 g/mol.